The second-order valence-corrected chi connectivity index (χ2v) is 4.42. The highest BCUT2D eigenvalue weighted by atomic mass is 14.5. The van der Waals surface area contributed by atoms with Crippen molar-refractivity contribution in [2.24, 2.45) is 17.6 Å². The second-order valence-electron chi connectivity index (χ2n) is 4.42. The van der Waals surface area contributed by atoms with Crippen LogP contribution in [0.5, 0.6) is 0 Å². The van der Waals surface area contributed by atoms with Gasteiger partial charge in [-0.2, -0.15) is 0 Å². The Hall–Kier alpha value is -0.0400. The van der Waals surface area contributed by atoms with Gasteiger partial charge >= 0.3 is 0 Å². The van der Waals surface area contributed by atoms with Crippen LogP contribution in [-0.4, -0.2) is 6.54 Å². The Morgan fingerprint density at radius 1 is 1.00 bits per heavy atom. The van der Waals surface area contributed by atoms with E-state index < -0.39 is 0 Å². The summed E-state index contributed by atoms with van der Waals surface area (Å²) < 4.78 is 0. The normalized spacial score (nSPS) is 33.5. The van der Waals surface area contributed by atoms with Crippen LogP contribution in [0.2, 0.25) is 0 Å². The van der Waals surface area contributed by atoms with Crippen molar-refractivity contribution >= 4 is 0 Å². The van der Waals surface area contributed by atoms with Crippen LogP contribution in [0.3, 0.4) is 0 Å². The Balaban J connectivity index is 2.29. The number of nitrogens with two attached hydrogens (primary N) is 1. The second kappa shape index (κ2) is 5.58. The first-order valence-corrected chi connectivity index (χ1v) is 5.53. The maximum atomic E-state index is 5.72. The molecule has 1 saturated carbocycles. The van der Waals surface area contributed by atoms with E-state index in [1.807, 2.05) is 0 Å². The summed E-state index contributed by atoms with van der Waals surface area (Å²) in [5.41, 5.74) is 5.72. The molecule has 2 unspecified atom stereocenters. The standard InChI is InChI=1S/C11H23N/c1-10-5-3-2-4-6-11(9-12)8-7-10/h10-11H,2-9,12H2,1H3. The molecule has 0 aromatic heterocycles. The summed E-state index contributed by atoms with van der Waals surface area (Å²) in [6.45, 7) is 3.30. The molecule has 1 nitrogen and oxygen atoms in total. The predicted octanol–water partition coefficient (Wildman–Crippen LogP) is 2.94. The van der Waals surface area contributed by atoms with Crippen molar-refractivity contribution in [1.29, 1.82) is 0 Å². The summed E-state index contributed by atoms with van der Waals surface area (Å²) in [6, 6.07) is 0. The summed E-state index contributed by atoms with van der Waals surface area (Å²) in [5, 5.41) is 0. The van der Waals surface area contributed by atoms with Crippen LogP contribution in [0, 0.1) is 11.8 Å². The van der Waals surface area contributed by atoms with Gasteiger partial charge in [-0.25, -0.2) is 0 Å². The van der Waals surface area contributed by atoms with Gasteiger partial charge in [0, 0.05) is 0 Å². The number of hydrogen-bond acceptors (Lipinski definition) is 1. The monoisotopic (exact) mass is 169 g/mol. The molecule has 1 aliphatic rings. The van der Waals surface area contributed by atoms with Gasteiger partial charge in [0.05, 0.1) is 0 Å². The van der Waals surface area contributed by atoms with E-state index >= 15 is 0 Å². The molecule has 0 aromatic rings. The molecule has 0 saturated heterocycles. The summed E-state index contributed by atoms with van der Waals surface area (Å²) in [4.78, 5) is 0. The molecule has 0 bridgehead atoms. The molecule has 1 heteroatoms. The van der Waals surface area contributed by atoms with Gasteiger partial charge in [0.15, 0.2) is 0 Å². The Labute approximate surface area is 76.7 Å². The molecule has 12 heavy (non-hydrogen) atoms. The topological polar surface area (TPSA) is 26.0 Å². The van der Waals surface area contributed by atoms with Gasteiger partial charge < -0.3 is 5.73 Å². The highest BCUT2D eigenvalue weighted by Gasteiger charge is 2.11. The zero-order chi connectivity index (χ0) is 8.81. The third kappa shape index (κ3) is 3.57. The molecule has 0 radical (unpaired) electrons. The van der Waals surface area contributed by atoms with Crippen molar-refractivity contribution in [3.63, 3.8) is 0 Å². The maximum Gasteiger partial charge on any atom is -0.00489 e. The molecule has 0 amide bonds. The molecule has 0 aromatic carbocycles. The van der Waals surface area contributed by atoms with Crippen molar-refractivity contribution in [2.45, 2.75) is 51.9 Å². The van der Waals surface area contributed by atoms with Gasteiger partial charge in [-0.05, 0) is 31.2 Å². The van der Waals surface area contributed by atoms with Gasteiger partial charge in [-0.15, -0.1) is 0 Å². The Morgan fingerprint density at radius 2 is 1.75 bits per heavy atom. The van der Waals surface area contributed by atoms with Crippen molar-refractivity contribution in [3.8, 4) is 0 Å². The highest BCUT2D eigenvalue weighted by molar-refractivity contribution is 4.66. The zero-order valence-electron chi connectivity index (χ0n) is 8.39. The minimum atomic E-state index is 0.825. The molecule has 2 N–H and O–H groups in total. The highest BCUT2D eigenvalue weighted by Crippen LogP contribution is 2.24. The summed E-state index contributed by atoms with van der Waals surface area (Å²) in [5.74, 6) is 1.77. The van der Waals surface area contributed by atoms with Crippen molar-refractivity contribution in [2.75, 3.05) is 6.54 Å². The average Bonchev–Trinajstić information content (AvgIpc) is 2.17. The molecule has 72 valence electrons. The van der Waals surface area contributed by atoms with E-state index in [2.05, 4.69) is 6.92 Å². The quantitative estimate of drug-likeness (QED) is 0.641. The predicted molar refractivity (Wildman–Crippen MR) is 54.0 cm³/mol. The van der Waals surface area contributed by atoms with Gasteiger partial charge in [0.2, 0.25) is 0 Å². The first-order valence-electron chi connectivity index (χ1n) is 5.53. The van der Waals surface area contributed by atoms with E-state index in [9.17, 15) is 0 Å². The Bertz CT molecular complexity index is 112. The summed E-state index contributed by atoms with van der Waals surface area (Å²) >= 11 is 0. The van der Waals surface area contributed by atoms with Crippen molar-refractivity contribution in [1.82, 2.24) is 0 Å². The minimum absolute atomic E-state index is 0.825. The molecular weight excluding hydrogens is 146 g/mol. The van der Waals surface area contributed by atoms with Gasteiger partial charge in [-0.3, -0.25) is 0 Å². The largest absolute Gasteiger partial charge is 0.330 e. The average molecular weight is 169 g/mol. The fourth-order valence-corrected chi connectivity index (χ4v) is 2.15. The molecule has 0 spiro atoms. The summed E-state index contributed by atoms with van der Waals surface area (Å²) in [7, 11) is 0. The van der Waals surface area contributed by atoms with E-state index in [4.69, 9.17) is 5.73 Å². The Morgan fingerprint density at radius 3 is 2.50 bits per heavy atom. The zero-order valence-corrected chi connectivity index (χ0v) is 8.39. The van der Waals surface area contributed by atoms with E-state index in [0.29, 0.717) is 0 Å². The molecular formula is C11H23N. The molecule has 1 fully saturated rings. The van der Waals surface area contributed by atoms with E-state index in [1.165, 1.54) is 44.9 Å². The maximum absolute atomic E-state index is 5.72. The Kier molecular flexibility index (Phi) is 4.67. The first kappa shape index (κ1) is 10.0. The van der Waals surface area contributed by atoms with Crippen molar-refractivity contribution in [3.05, 3.63) is 0 Å². The minimum Gasteiger partial charge on any atom is -0.330 e. The van der Waals surface area contributed by atoms with Crippen LogP contribution in [0.15, 0.2) is 0 Å². The van der Waals surface area contributed by atoms with Crippen LogP contribution in [0.4, 0.5) is 0 Å². The lowest BCUT2D eigenvalue weighted by molar-refractivity contribution is 0.399. The number of rotatable bonds is 1. The third-order valence-electron chi connectivity index (χ3n) is 3.21. The molecule has 2 atom stereocenters. The van der Waals surface area contributed by atoms with Crippen LogP contribution in [0.25, 0.3) is 0 Å². The lowest BCUT2D eigenvalue weighted by Crippen LogP contribution is -2.14. The van der Waals surface area contributed by atoms with E-state index in [1.54, 1.807) is 0 Å². The summed E-state index contributed by atoms with van der Waals surface area (Å²) in [6.07, 6.45) is 9.88. The molecule has 0 heterocycles. The van der Waals surface area contributed by atoms with Crippen LogP contribution < -0.4 is 5.73 Å². The first-order chi connectivity index (χ1) is 5.83. The van der Waals surface area contributed by atoms with E-state index in [0.717, 1.165) is 18.4 Å². The smallest absolute Gasteiger partial charge is 0.00489 e. The van der Waals surface area contributed by atoms with Gasteiger partial charge in [0.25, 0.3) is 0 Å². The van der Waals surface area contributed by atoms with Crippen LogP contribution in [0.1, 0.15) is 51.9 Å². The molecule has 0 aliphatic heterocycles. The molecule has 1 rings (SSSR count). The number of hydrogen-bond donors (Lipinski definition) is 1. The van der Waals surface area contributed by atoms with Crippen molar-refractivity contribution < 1.29 is 0 Å². The molecule has 1 aliphatic carbocycles. The van der Waals surface area contributed by atoms with Gasteiger partial charge in [0.1, 0.15) is 0 Å². The van der Waals surface area contributed by atoms with Crippen LogP contribution in [-0.2, 0) is 0 Å². The van der Waals surface area contributed by atoms with E-state index in [-0.39, 0.29) is 0 Å². The third-order valence-corrected chi connectivity index (χ3v) is 3.21. The van der Waals surface area contributed by atoms with Gasteiger partial charge in [-0.1, -0.05) is 39.0 Å². The lowest BCUT2D eigenvalue weighted by Gasteiger charge is -2.14. The fraction of sp³-hybridized carbons (Fsp3) is 1.00. The lowest BCUT2D eigenvalue weighted by atomic mass is 9.94. The fourth-order valence-electron chi connectivity index (χ4n) is 2.15. The van der Waals surface area contributed by atoms with Crippen LogP contribution >= 0.6 is 0 Å². The SMILES string of the molecule is CC1CCCCCC(CN)CC1.